The van der Waals surface area contributed by atoms with E-state index in [1.54, 1.807) is 37.7 Å². The van der Waals surface area contributed by atoms with E-state index in [0.717, 1.165) is 56.4 Å². The van der Waals surface area contributed by atoms with Crippen LogP contribution < -0.4 is 9.47 Å². The van der Waals surface area contributed by atoms with Gasteiger partial charge in [0.2, 0.25) is 0 Å². The van der Waals surface area contributed by atoms with Gasteiger partial charge in [-0.25, -0.2) is 0 Å². The molecule has 0 amide bonds. The molecule has 0 bridgehead atoms. The van der Waals surface area contributed by atoms with Gasteiger partial charge in [-0.2, -0.15) is 0 Å². The number of ether oxygens (including phenoxy) is 2. The molecule has 146 valence electrons. The van der Waals surface area contributed by atoms with E-state index in [4.69, 9.17) is 9.47 Å². The van der Waals surface area contributed by atoms with Crippen molar-refractivity contribution in [3.05, 3.63) is 58.7 Å². The van der Waals surface area contributed by atoms with E-state index in [1.165, 1.54) is 0 Å². The minimum Gasteiger partial charge on any atom is -0.496 e. The number of benzene rings is 2. The van der Waals surface area contributed by atoms with Crippen LogP contribution in [0.15, 0.2) is 57.3 Å². The van der Waals surface area contributed by atoms with Crippen molar-refractivity contribution in [3.63, 3.8) is 0 Å². The lowest BCUT2D eigenvalue weighted by Gasteiger charge is -2.07. The number of rotatable bonds is 6. The number of ketones is 1. The molecule has 2 aromatic carbocycles. The molecule has 0 saturated heterocycles. The number of allylic oxidation sites excluding steroid dienone is 2. The molecule has 0 atom stereocenters. The molecule has 1 aliphatic carbocycles. The van der Waals surface area contributed by atoms with Crippen LogP contribution in [-0.4, -0.2) is 32.5 Å². The van der Waals surface area contributed by atoms with Gasteiger partial charge in [-0.15, -0.1) is 23.5 Å². The summed E-state index contributed by atoms with van der Waals surface area (Å²) in [5.74, 6) is 1.80. The first-order valence-electron chi connectivity index (χ1n) is 8.99. The van der Waals surface area contributed by atoms with E-state index in [-0.39, 0.29) is 5.78 Å². The first kappa shape index (κ1) is 20.6. The molecule has 5 heteroatoms. The van der Waals surface area contributed by atoms with Crippen molar-refractivity contribution >= 4 is 41.5 Å². The molecule has 0 aromatic heterocycles. The maximum Gasteiger partial charge on any atom is 0.185 e. The normalized spacial score (nSPS) is 16.8. The summed E-state index contributed by atoms with van der Waals surface area (Å²) >= 11 is 3.29. The van der Waals surface area contributed by atoms with Crippen molar-refractivity contribution in [1.29, 1.82) is 0 Å². The molecule has 28 heavy (non-hydrogen) atoms. The summed E-state index contributed by atoms with van der Waals surface area (Å²) in [7, 11) is 3.34. The first-order valence-corrected chi connectivity index (χ1v) is 11.4. The average molecular weight is 413 g/mol. The van der Waals surface area contributed by atoms with Gasteiger partial charge in [0.15, 0.2) is 5.78 Å². The van der Waals surface area contributed by atoms with Crippen LogP contribution in [0.3, 0.4) is 0 Å². The van der Waals surface area contributed by atoms with Gasteiger partial charge < -0.3 is 9.47 Å². The number of carbonyl (C=O) groups is 1. The zero-order valence-electron chi connectivity index (χ0n) is 16.6. The Morgan fingerprint density at radius 2 is 1.21 bits per heavy atom. The summed E-state index contributed by atoms with van der Waals surface area (Å²) in [5.41, 5.74) is 3.67. The van der Waals surface area contributed by atoms with Crippen molar-refractivity contribution in [2.45, 2.75) is 22.6 Å². The standard InChI is InChI=1S/C23H24O3S2/c1-25-19-13-15(5-9-21(19)27-3)11-17-7-8-18(23(17)24)12-16-6-10-22(28-4)20(14-16)26-2/h5-6,9-14H,7-8H2,1-4H3/b17-11-,18-12+. The maximum absolute atomic E-state index is 12.9. The fourth-order valence-corrected chi connectivity index (χ4v) is 4.36. The minimum absolute atomic E-state index is 0.126. The number of Topliss-reactive ketones (excluding diaryl/α,β-unsaturated/α-hetero) is 1. The highest BCUT2D eigenvalue weighted by Gasteiger charge is 2.23. The number of methoxy groups -OCH3 is 2. The summed E-state index contributed by atoms with van der Waals surface area (Å²) in [6.07, 6.45) is 9.53. The summed E-state index contributed by atoms with van der Waals surface area (Å²) in [4.78, 5) is 15.0. The highest BCUT2D eigenvalue weighted by molar-refractivity contribution is 7.99. The molecular formula is C23H24O3S2. The Morgan fingerprint density at radius 3 is 1.57 bits per heavy atom. The Bertz CT molecular complexity index is 869. The second-order valence-corrected chi connectivity index (χ2v) is 8.09. The molecule has 1 fully saturated rings. The van der Waals surface area contributed by atoms with Crippen molar-refractivity contribution in [2.24, 2.45) is 0 Å². The number of thioether (sulfide) groups is 2. The molecule has 0 spiro atoms. The summed E-state index contributed by atoms with van der Waals surface area (Å²) in [5, 5.41) is 0. The zero-order chi connectivity index (χ0) is 20.1. The average Bonchev–Trinajstić information content (AvgIpc) is 3.07. The van der Waals surface area contributed by atoms with Crippen molar-refractivity contribution in [3.8, 4) is 11.5 Å². The number of carbonyl (C=O) groups excluding carboxylic acids is 1. The van der Waals surface area contributed by atoms with Gasteiger partial charge in [-0.3, -0.25) is 4.79 Å². The lowest BCUT2D eigenvalue weighted by molar-refractivity contribution is -0.111. The van der Waals surface area contributed by atoms with Crippen LogP contribution in [0.4, 0.5) is 0 Å². The SMILES string of the molecule is COc1cc(/C=C2/CC/C(=C\c3ccc(SC)c(OC)c3)C2=O)ccc1SC. The van der Waals surface area contributed by atoms with Crippen LogP contribution in [0, 0.1) is 0 Å². The highest BCUT2D eigenvalue weighted by atomic mass is 32.2. The molecule has 1 aliphatic rings. The fourth-order valence-electron chi connectivity index (χ4n) is 3.27. The second kappa shape index (κ2) is 9.39. The first-order chi connectivity index (χ1) is 13.6. The van der Waals surface area contributed by atoms with Gasteiger partial charge in [0.1, 0.15) is 11.5 Å². The van der Waals surface area contributed by atoms with Crippen LogP contribution in [0.25, 0.3) is 12.2 Å². The van der Waals surface area contributed by atoms with Gasteiger partial charge in [-0.1, -0.05) is 12.1 Å². The molecule has 0 aliphatic heterocycles. The van der Waals surface area contributed by atoms with E-state index in [0.29, 0.717) is 0 Å². The Morgan fingerprint density at radius 1 is 0.786 bits per heavy atom. The molecule has 0 unspecified atom stereocenters. The summed E-state index contributed by atoms with van der Waals surface area (Å²) in [6, 6.07) is 12.1. The molecule has 0 radical (unpaired) electrons. The van der Waals surface area contributed by atoms with E-state index in [1.807, 2.05) is 61.1 Å². The largest absolute Gasteiger partial charge is 0.496 e. The Hall–Kier alpha value is -2.11. The Kier molecular flexibility index (Phi) is 6.92. The molecule has 2 aromatic rings. The van der Waals surface area contributed by atoms with Crippen LogP contribution in [-0.2, 0) is 4.79 Å². The predicted molar refractivity (Wildman–Crippen MR) is 120 cm³/mol. The van der Waals surface area contributed by atoms with E-state index in [2.05, 4.69) is 0 Å². The summed E-state index contributed by atoms with van der Waals surface area (Å²) in [6.45, 7) is 0. The second-order valence-electron chi connectivity index (χ2n) is 6.40. The molecule has 0 heterocycles. The summed E-state index contributed by atoms with van der Waals surface area (Å²) < 4.78 is 10.9. The van der Waals surface area contributed by atoms with Gasteiger partial charge >= 0.3 is 0 Å². The Labute approximate surface area is 175 Å². The zero-order valence-corrected chi connectivity index (χ0v) is 18.2. The van der Waals surface area contributed by atoms with Crippen molar-refractivity contribution < 1.29 is 14.3 Å². The molecule has 1 saturated carbocycles. The van der Waals surface area contributed by atoms with E-state index in [9.17, 15) is 4.79 Å². The van der Waals surface area contributed by atoms with Crippen LogP contribution >= 0.6 is 23.5 Å². The lowest BCUT2D eigenvalue weighted by atomic mass is 10.1. The highest BCUT2D eigenvalue weighted by Crippen LogP contribution is 2.34. The third kappa shape index (κ3) is 4.47. The van der Waals surface area contributed by atoms with E-state index < -0.39 is 0 Å². The maximum atomic E-state index is 12.9. The molecule has 0 N–H and O–H groups in total. The number of hydrogen-bond acceptors (Lipinski definition) is 5. The monoisotopic (exact) mass is 412 g/mol. The third-order valence-electron chi connectivity index (χ3n) is 4.74. The lowest BCUT2D eigenvalue weighted by Crippen LogP contribution is -1.96. The predicted octanol–water partition coefficient (Wildman–Crippen LogP) is 5.98. The van der Waals surface area contributed by atoms with Gasteiger partial charge in [0, 0.05) is 20.9 Å². The smallest absolute Gasteiger partial charge is 0.185 e. The van der Waals surface area contributed by atoms with Crippen molar-refractivity contribution in [2.75, 3.05) is 26.7 Å². The Balaban J connectivity index is 1.85. The minimum atomic E-state index is 0.126. The topological polar surface area (TPSA) is 35.5 Å². The molecule has 3 nitrogen and oxygen atoms in total. The van der Waals surface area contributed by atoms with E-state index >= 15 is 0 Å². The van der Waals surface area contributed by atoms with Gasteiger partial charge in [0.05, 0.1) is 14.2 Å². The van der Waals surface area contributed by atoms with Crippen molar-refractivity contribution in [1.82, 2.24) is 0 Å². The third-order valence-corrected chi connectivity index (χ3v) is 6.30. The quantitative estimate of drug-likeness (QED) is 0.431. The van der Waals surface area contributed by atoms with Gasteiger partial charge in [-0.05, 0) is 72.9 Å². The molecule has 3 rings (SSSR count). The van der Waals surface area contributed by atoms with Crippen LogP contribution in [0.5, 0.6) is 11.5 Å². The number of hydrogen-bond donors (Lipinski definition) is 0. The van der Waals surface area contributed by atoms with Crippen LogP contribution in [0.1, 0.15) is 24.0 Å². The fraction of sp³-hybridized carbons (Fsp3) is 0.261. The van der Waals surface area contributed by atoms with Gasteiger partial charge in [0.25, 0.3) is 0 Å². The molecular weight excluding hydrogens is 388 g/mol. The van der Waals surface area contributed by atoms with Crippen LogP contribution in [0.2, 0.25) is 0 Å².